The summed E-state index contributed by atoms with van der Waals surface area (Å²) in [5, 5.41) is 8.88. The van der Waals surface area contributed by atoms with Crippen molar-refractivity contribution in [2.45, 2.75) is 13.0 Å². The predicted molar refractivity (Wildman–Crippen MR) is 112 cm³/mol. The molecule has 0 amide bonds. The van der Waals surface area contributed by atoms with E-state index in [9.17, 15) is 4.79 Å². The maximum Gasteiger partial charge on any atom is 0.195 e. The van der Waals surface area contributed by atoms with Crippen molar-refractivity contribution in [1.82, 2.24) is 30.1 Å². The van der Waals surface area contributed by atoms with Gasteiger partial charge in [0.2, 0.25) is 0 Å². The molecule has 1 aliphatic heterocycles. The summed E-state index contributed by atoms with van der Waals surface area (Å²) >= 11 is 0. The lowest BCUT2D eigenvalue weighted by Crippen LogP contribution is -2.31. The van der Waals surface area contributed by atoms with Crippen molar-refractivity contribution in [1.29, 1.82) is 0 Å². The molecular weight excluding hydrogens is 378 g/mol. The first kappa shape index (κ1) is 16.8. The average molecular weight is 395 g/mol. The van der Waals surface area contributed by atoms with Gasteiger partial charge in [-0.25, -0.2) is 15.0 Å². The smallest absolute Gasteiger partial charge is 0.195 e. The number of pyridine rings is 1. The fraction of sp³-hybridized carbons (Fsp3) is 0.136. The monoisotopic (exact) mass is 395 g/mol. The first-order valence-corrected chi connectivity index (χ1v) is 9.76. The maximum absolute atomic E-state index is 13.2. The first-order valence-electron chi connectivity index (χ1n) is 9.76. The van der Waals surface area contributed by atoms with Crippen LogP contribution in [0.1, 0.15) is 27.0 Å². The molecule has 0 saturated carbocycles. The number of benzene rings is 1. The third-order valence-corrected chi connectivity index (χ3v) is 5.70. The predicted octanol–water partition coefficient (Wildman–Crippen LogP) is 3.02. The molecule has 0 fully saturated rings. The standard InChI is InChI=1S/C22H17N7O/c30-19(13-4-2-1-3-5-13)17-9-24-21-18(17)22(26-12-25-21)29-7-6-15-14(11-29)8-23-20-16(15)10-27-28-20/h1-5,8-10,12H,6-7,11H2,(H,23,27,28)(H,24,25,26). The zero-order chi connectivity index (χ0) is 20.1. The first-order chi connectivity index (χ1) is 14.8. The SMILES string of the molecule is O=C(c1ccccc1)c1c[nH]c2ncnc(N3CCc4c(cnc5[nH]ncc45)C3)c12. The minimum Gasteiger partial charge on any atom is -0.351 e. The van der Waals surface area contributed by atoms with Gasteiger partial charge in [0.05, 0.1) is 17.1 Å². The van der Waals surface area contributed by atoms with E-state index < -0.39 is 0 Å². The van der Waals surface area contributed by atoms with Crippen LogP contribution < -0.4 is 4.90 Å². The lowest BCUT2D eigenvalue weighted by molar-refractivity contribution is 0.104. The summed E-state index contributed by atoms with van der Waals surface area (Å²) in [6, 6.07) is 9.28. The third kappa shape index (κ3) is 2.50. The molecule has 0 atom stereocenters. The van der Waals surface area contributed by atoms with Crippen LogP contribution in [-0.2, 0) is 13.0 Å². The van der Waals surface area contributed by atoms with E-state index in [0.717, 1.165) is 40.8 Å². The van der Waals surface area contributed by atoms with E-state index in [4.69, 9.17) is 0 Å². The largest absolute Gasteiger partial charge is 0.351 e. The van der Waals surface area contributed by atoms with Crippen LogP contribution >= 0.6 is 0 Å². The van der Waals surface area contributed by atoms with Crippen molar-refractivity contribution in [3.8, 4) is 0 Å². The Labute approximate surface area is 171 Å². The summed E-state index contributed by atoms with van der Waals surface area (Å²) < 4.78 is 0. The van der Waals surface area contributed by atoms with Crippen molar-refractivity contribution in [2.75, 3.05) is 11.4 Å². The second kappa shape index (κ2) is 6.48. The van der Waals surface area contributed by atoms with Gasteiger partial charge >= 0.3 is 0 Å². The summed E-state index contributed by atoms with van der Waals surface area (Å²) in [6.07, 6.45) is 7.85. The molecule has 0 bridgehead atoms. The number of hydrogen-bond donors (Lipinski definition) is 2. The molecule has 4 aromatic heterocycles. The molecule has 0 spiro atoms. The number of carbonyl (C=O) groups is 1. The van der Waals surface area contributed by atoms with E-state index in [1.54, 1.807) is 6.20 Å². The number of H-pyrrole nitrogens is 2. The van der Waals surface area contributed by atoms with Crippen LogP contribution in [0.3, 0.4) is 0 Å². The minimum atomic E-state index is -0.0444. The lowest BCUT2D eigenvalue weighted by Gasteiger charge is -2.30. The molecule has 5 heterocycles. The number of ketones is 1. The number of anilines is 1. The molecule has 0 radical (unpaired) electrons. The number of hydrogen-bond acceptors (Lipinski definition) is 6. The van der Waals surface area contributed by atoms with Gasteiger partial charge in [0.1, 0.15) is 17.8 Å². The second-order valence-electron chi connectivity index (χ2n) is 7.38. The Bertz CT molecular complexity index is 1400. The second-order valence-corrected chi connectivity index (χ2v) is 7.38. The zero-order valence-corrected chi connectivity index (χ0v) is 16.0. The summed E-state index contributed by atoms with van der Waals surface area (Å²) in [4.78, 5) is 31.9. The van der Waals surface area contributed by atoms with Crippen LogP contribution in [0.2, 0.25) is 0 Å². The van der Waals surface area contributed by atoms with Crippen LogP contribution in [0.5, 0.6) is 0 Å². The molecule has 8 nitrogen and oxygen atoms in total. The summed E-state index contributed by atoms with van der Waals surface area (Å²) in [7, 11) is 0. The topological polar surface area (TPSA) is 103 Å². The third-order valence-electron chi connectivity index (χ3n) is 5.70. The Balaban J connectivity index is 1.44. The molecule has 0 aliphatic carbocycles. The van der Waals surface area contributed by atoms with Gasteiger partial charge in [0, 0.05) is 36.4 Å². The van der Waals surface area contributed by atoms with Crippen molar-refractivity contribution in [3.05, 3.63) is 77.5 Å². The lowest BCUT2D eigenvalue weighted by atomic mass is 9.98. The normalized spacial score (nSPS) is 13.7. The minimum absolute atomic E-state index is 0.0444. The van der Waals surface area contributed by atoms with E-state index in [2.05, 4.69) is 35.0 Å². The highest BCUT2D eigenvalue weighted by Gasteiger charge is 2.25. The fourth-order valence-corrected chi connectivity index (χ4v) is 4.25. The van der Waals surface area contributed by atoms with Crippen molar-refractivity contribution < 1.29 is 4.79 Å². The van der Waals surface area contributed by atoms with E-state index in [1.165, 1.54) is 11.9 Å². The molecule has 5 aromatic rings. The molecule has 6 rings (SSSR count). The highest BCUT2D eigenvalue weighted by molar-refractivity contribution is 6.18. The Kier molecular flexibility index (Phi) is 3.64. The molecule has 8 heteroatoms. The van der Waals surface area contributed by atoms with Crippen LogP contribution in [0.4, 0.5) is 5.82 Å². The summed E-state index contributed by atoms with van der Waals surface area (Å²) in [5.74, 6) is 0.718. The van der Waals surface area contributed by atoms with E-state index in [-0.39, 0.29) is 5.78 Å². The molecular formula is C22H17N7O. The molecule has 30 heavy (non-hydrogen) atoms. The molecule has 2 N–H and O–H groups in total. The van der Waals surface area contributed by atoms with Gasteiger partial charge in [-0.3, -0.25) is 9.89 Å². The maximum atomic E-state index is 13.2. The molecule has 1 aliphatic rings. The number of aromatic amines is 2. The van der Waals surface area contributed by atoms with Crippen LogP contribution in [0, 0.1) is 0 Å². The fourth-order valence-electron chi connectivity index (χ4n) is 4.25. The number of aromatic nitrogens is 6. The van der Waals surface area contributed by atoms with Gasteiger partial charge in [-0.1, -0.05) is 30.3 Å². The van der Waals surface area contributed by atoms with Crippen molar-refractivity contribution in [3.63, 3.8) is 0 Å². The van der Waals surface area contributed by atoms with E-state index >= 15 is 0 Å². The van der Waals surface area contributed by atoms with Gasteiger partial charge in [-0.05, 0) is 17.5 Å². The van der Waals surface area contributed by atoms with Crippen molar-refractivity contribution >= 4 is 33.7 Å². The number of carbonyl (C=O) groups excluding carboxylic acids is 1. The highest BCUT2D eigenvalue weighted by atomic mass is 16.1. The highest BCUT2D eigenvalue weighted by Crippen LogP contribution is 2.32. The van der Waals surface area contributed by atoms with Crippen molar-refractivity contribution in [2.24, 2.45) is 0 Å². The average Bonchev–Trinajstić information content (AvgIpc) is 3.46. The number of nitrogens with one attached hydrogen (secondary N) is 2. The quantitative estimate of drug-likeness (QED) is 0.455. The molecule has 146 valence electrons. The Morgan fingerprint density at radius 3 is 2.83 bits per heavy atom. The van der Waals surface area contributed by atoms with Gasteiger partial charge < -0.3 is 9.88 Å². The number of rotatable bonds is 3. The number of nitrogens with zero attached hydrogens (tertiary/aromatic N) is 5. The van der Waals surface area contributed by atoms with Gasteiger partial charge in [-0.2, -0.15) is 5.10 Å². The molecule has 1 aromatic carbocycles. The van der Waals surface area contributed by atoms with E-state index in [0.29, 0.717) is 23.3 Å². The molecule has 0 saturated heterocycles. The van der Waals surface area contributed by atoms with Gasteiger partial charge in [-0.15, -0.1) is 0 Å². The summed E-state index contributed by atoms with van der Waals surface area (Å²) in [6.45, 7) is 1.45. The van der Waals surface area contributed by atoms with Crippen LogP contribution in [0.25, 0.3) is 22.1 Å². The zero-order valence-electron chi connectivity index (χ0n) is 16.0. The molecule has 0 unspecified atom stereocenters. The van der Waals surface area contributed by atoms with Gasteiger partial charge in [0.15, 0.2) is 11.4 Å². The number of fused-ring (bicyclic) bond motifs is 4. The Hall–Kier alpha value is -4.07. The van der Waals surface area contributed by atoms with E-state index in [1.807, 2.05) is 42.7 Å². The van der Waals surface area contributed by atoms with Crippen LogP contribution in [-0.4, -0.2) is 42.5 Å². The summed E-state index contributed by atoms with van der Waals surface area (Å²) in [5.41, 5.74) is 5.12. The Morgan fingerprint density at radius 2 is 1.93 bits per heavy atom. The Morgan fingerprint density at radius 1 is 1.03 bits per heavy atom. The van der Waals surface area contributed by atoms with Gasteiger partial charge in [0.25, 0.3) is 0 Å². The van der Waals surface area contributed by atoms with Crippen LogP contribution in [0.15, 0.2) is 55.2 Å².